The second kappa shape index (κ2) is 18.6. The van der Waals surface area contributed by atoms with E-state index in [1.54, 1.807) is 77.9 Å². The number of ether oxygens (including phenoxy) is 4. The minimum absolute atomic E-state index is 0.169. The SMILES string of the molecule is CC(C)(C)OC(=O)C[C@@H]1O[C@H](c2cccc(Cl)c2)[C@@H](c2ccc(Cl)s2)NC1=O.CC(C)(C)OC(=O)C[C@H]1O[C@H](c2cccc(Cl)c2)[C@@H](c2ccc(Cl)s2)NC1=O. The van der Waals surface area contributed by atoms with Crippen LogP contribution < -0.4 is 10.6 Å². The Morgan fingerprint density at radius 3 is 1.30 bits per heavy atom. The fraction of sp³-hybridized carbons (Fsp3) is 0.400. The highest BCUT2D eigenvalue weighted by Crippen LogP contribution is 2.42. The second-order valence-electron chi connectivity index (χ2n) is 15.0. The van der Waals surface area contributed by atoms with Gasteiger partial charge in [0.15, 0.2) is 0 Å². The minimum Gasteiger partial charge on any atom is -0.460 e. The molecule has 0 saturated carbocycles. The van der Waals surface area contributed by atoms with E-state index < -0.39 is 59.6 Å². The summed E-state index contributed by atoms with van der Waals surface area (Å²) in [7, 11) is 0. The fourth-order valence-electron chi connectivity index (χ4n) is 5.97. The topological polar surface area (TPSA) is 129 Å². The molecule has 2 aliphatic heterocycles. The highest BCUT2D eigenvalue weighted by molar-refractivity contribution is 7.16. The van der Waals surface area contributed by atoms with E-state index in [2.05, 4.69) is 10.6 Å². The maximum Gasteiger partial charge on any atom is 0.309 e. The first-order chi connectivity index (χ1) is 26.2. The van der Waals surface area contributed by atoms with Crippen molar-refractivity contribution in [2.45, 2.75) is 102 Å². The molecule has 2 N–H and O–H groups in total. The molecule has 56 heavy (non-hydrogen) atoms. The first-order valence-electron chi connectivity index (χ1n) is 17.6. The lowest BCUT2D eigenvalue weighted by molar-refractivity contribution is -0.168. The summed E-state index contributed by atoms with van der Waals surface area (Å²) in [5.41, 5.74) is 0.336. The molecule has 16 heteroatoms. The summed E-state index contributed by atoms with van der Waals surface area (Å²) in [5, 5.41) is 7.06. The van der Waals surface area contributed by atoms with Gasteiger partial charge in [0.1, 0.15) is 35.6 Å². The van der Waals surface area contributed by atoms with Gasteiger partial charge in [0, 0.05) is 19.8 Å². The van der Waals surface area contributed by atoms with Crippen molar-refractivity contribution in [2.75, 3.05) is 0 Å². The zero-order chi connectivity index (χ0) is 40.9. The molecule has 0 spiro atoms. The van der Waals surface area contributed by atoms with E-state index in [4.69, 9.17) is 65.4 Å². The molecule has 2 aromatic heterocycles. The molecule has 4 aromatic rings. The van der Waals surface area contributed by atoms with Gasteiger partial charge in [-0.15, -0.1) is 22.7 Å². The molecule has 0 bridgehead atoms. The summed E-state index contributed by atoms with van der Waals surface area (Å²) in [6.45, 7) is 10.7. The molecule has 4 heterocycles. The molecule has 300 valence electrons. The Bertz CT molecular complexity index is 1900. The summed E-state index contributed by atoms with van der Waals surface area (Å²) in [6.07, 6.45) is -3.27. The van der Waals surface area contributed by atoms with Gasteiger partial charge >= 0.3 is 11.9 Å². The van der Waals surface area contributed by atoms with Crippen molar-refractivity contribution >= 4 is 92.8 Å². The van der Waals surface area contributed by atoms with Crippen LogP contribution in [-0.2, 0) is 38.1 Å². The minimum atomic E-state index is -0.953. The van der Waals surface area contributed by atoms with Gasteiger partial charge in [-0.1, -0.05) is 70.7 Å². The van der Waals surface area contributed by atoms with E-state index in [0.717, 1.165) is 20.9 Å². The first-order valence-corrected chi connectivity index (χ1v) is 20.8. The van der Waals surface area contributed by atoms with E-state index >= 15 is 0 Å². The molecule has 0 unspecified atom stereocenters. The standard InChI is InChI=1S/2C20H21Cl2NO4S/c2*1-20(2,3)27-16(24)10-13-19(25)23-17(14-7-8-15(22)28-14)18(26-13)11-5-4-6-12(21)9-11/h2*4-9,13,17-18H,10H2,1-3H3,(H,23,25)/t13-,17+,18+;13-,17-,18-/m01/s1. The summed E-state index contributed by atoms with van der Waals surface area (Å²) in [4.78, 5) is 51.4. The smallest absolute Gasteiger partial charge is 0.309 e. The number of rotatable bonds is 8. The van der Waals surface area contributed by atoms with Gasteiger partial charge in [-0.3, -0.25) is 19.2 Å². The lowest BCUT2D eigenvalue weighted by Gasteiger charge is -2.36. The quantitative estimate of drug-likeness (QED) is 0.167. The number of halogens is 4. The van der Waals surface area contributed by atoms with E-state index in [1.165, 1.54) is 22.7 Å². The number of benzene rings is 2. The molecule has 6 atom stereocenters. The highest BCUT2D eigenvalue weighted by atomic mass is 35.5. The third-order valence-corrected chi connectivity index (χ3v) is 11.2. The number of amides is 2. The summed E-state index contributed by atoms with van der Waals surface area (Å²) >= 11 is 27.2. The van der Waals surface area contributed by atoms with Gasteiger partial charge in [0.2, 0.25) is 11.8 Å². The van der Waals surface area contributed by atoms with Crippen LogP contribution in [0.5, 0.6) is 0 Å². The van der Waals surface area contributed by atoms with Crippen LogP contribution in [0.4, 0.5) is 0 Å². The second-order valence-corrected chi connectivity index (χ2v) is 19.4. The molecule has 2 aliphatic rings. The average molecular weight is 885 g/mol. The predicted octanol–water partition coefficient (Wildman–Crippen LogP) is 10.2. The van der Waals surface area contributed by atoms with Crippen molar-refractivity contribution in [1.82, 2.24) is 10.6 Å². The Balaban J connectivity index is 0.000000214. The van der Waals surface area contributed by atoms with Gasteiger partial charge < -0.3 is 29.6 Å². The van der Waals surface area contributed by atoms with Gasteiger partial charge in [-0.05, 0) is 101 Å². The number of hydrogen-bond donors (Lipinski definition) is 2. The zero-order valence-electron chi connectivity index (χ0n) is 31.4. The number of morpholine rings is 2. The van der Waals surface area contributed by atoms with Crippen molar-refractivity contribution in [3.8, 4) is 0 Å². The molecule has 0 aliphatic carbocycles. The normalized spacial score (nSPS) is 22.6. The van der Waals surface area contributed by atoms with Gasteiger partial charge in [-0.25, -0.2) is 0 Å². The van der Waals surface area contributed by atoms with E-state index in [1.807, 2.05) is 36.4 Å². The fourth-order valence-corrected chi connectivity index (χ4v) is 8.64. The third-order valence-electron chi connectivity index (χ3n) is 8.11. The highest BCUT2D eigenvalue weighted by Gasteiger charge is 2.42. The van der Waals surface area contributed by atoms with Gasteiger partial charge in [0.05, 0.1) is 33.6 Å². The molecule has 10 nitrogen and oxygen atoms in total. The van der Waals surface area contributed by atoms with Gasteiger partial charge in [0.25, 0.3) is 0 Å². The number of esters is 2. The molecule has 6 rings (SSSR count). The lowest BCUT2D eigenvalue weighted by Crippen LogP contribution is -2.48. The van der Waals surface area contributed by atoms with E-state index in [0.29, 0.717) is 18.7 Å². The van der Waals surface area contributed by atoms with Gasteiger partial charge in [-0.2, -0.15) is 0 Å². The monoisotopic (exact) mass is 882 g/mol. The summed E-state index contributed by atoms with van der Waals surface area (Å²) in [5.74, 6) is -1.71. The Morgan fingerprint density at radius 1 is 0.625 bits per heavy atom. The van der Waals surface area contributed by atoms with Crippen LogP contribution in [0.25, 0.3) is 0 Å². The molecule has 2 saturated heterocycles. The van der Waals surface area contributed by atoms with Crippen LogP contribution in [0.15, 0.2) is 72.8 Å². The van der Waals surface area contributed by atoms with Crippen LogP contribution in [-0.4, -0.2) is 47.2 Å². The number of nitrogens with one attached hydrogen (secondary N) is 2. The van der Waals surface area contributed by atoms with Crippen molar-refractivity contribution < 1.29 is 38.1 Å². The van der Waals surface area contributed by atoms with Crippen molar-refractivity contribution in [2.24, 2.45) is 0 Å². The summed E-state index contributed by atoms with van der Waals surface area (Å²) < 4.78 is 24.1. The van der Waals surface area contributed by atoms with Crippen LogP contribution in [0.1, 0.15) is 99.6 Å². The number of thiophene rings is 2. The molecular weight excluding hydrogens is 842 g/mol. The Hall–Kier alpha value is -3.20. The number of hydrogen-bond acceptors (Lipinski definition) is 10. The van der Waals surface area contributed by atoms with Crippen LogP contribution >= 0.6 is 69.1 Å². The van der Waals surface area contributed by atoms with Crippen LogP contribution in [0.3, 0.4) is 0 Å². The Kier molecular flexibility index (Phi) is 14.6. The predicted molar refractivity (Wildman–Crippen MR) is 219 cm³/mol. The molecule has 0 radical (unpaired) electrons. The van der Waals surface area contributed by atoms with Crippen LogP contribution in [0.2, 0.25) is 18.7 Å². The molecule has 2 aromatic carbocycles. The average Bonchev–Trinajstić information content (AvgIpc) is 3.72. The van der Waals surface area contributed by atoms with Crippen molar-refractivity contribution in [3.05, 3.63) is 112 Å². The maximum absolute atomic E-state index is 12.6. The number of carbonyl (C=O) groups is 4. The molecule has 2 amide bonds. The molecule has 2 fully saturated rings. The van der Waals surface area contributed by atoms with Crippen molar-refractivity contribution in [1.29, 1.82) is 0 Å². The Morgan fingerprint density at radius 2 is 1.00 bits per heavy atom. The van der Waals surface area contributed by atoms with Crippen molar-refractivity contribution in [3.63, 3.8) is 0 Å². The van der Waals surface area contributed by atoms with Crippen LogP contribution in [0, 0.1) is 0 Å². The third kappa shape index (κ3) is 12.4. The Labute approximate surface area is 354 Å². The lowest BCUT2D eigenvalue weighted by atomic mass is 9.97. The zero-order valence-corrected chi connectivity index (χ0v) is 36.1. The number of carbonyl (C=O) groups excluding carboxylic acids is 4. The maximum atomic E-state index is 12.6. The molecular formula is C40H42Cl4N2O8S2. The van der Waals surface area contributed by atoms with E-state index in [9.17, 15) is 19.2 Å². The van der Waals surface area contributed by atoms with E-state index in [-0.39, 0.29) is 24.7 Å². The largest absolute Gasteiger partial charge is 0.460 e. The summed E-state index contributed by atoms with van der Waals surface area (Å²) in [6, 6.07) is 20.9. The first kappa shape index (κ1) is 43.9.